The molecular formula is C13H18N4O3S. The van der Waals surface area contributed by atoms with Crippen LogP contribution in [0.4, 0.5) is 0 Å². The van der Waals surface area contributed by atoms with Gasteiger partial charge in [-0.3, -0.25) is 4.79 Å². The molecule has 7 nitrogen and oxygen atoms in total. The van der Waals surface area contributed by atoms with Crippen molar-refractivity contribution in [2.45, 2.75) is 49.3 Å². The van der Waals surface area contributed by atoms with Crippen LogP contribution in [0.25, 0.3) is 0 Å². The number of likely N-dealkylation sites (tertiary alicyclic amines) is 1. The number of hydrogen-bond donors (Lipinski definition) is 1. The highest BCUT2D eigenvalue weighted by atomic mass is 32.2. The maximum Gasteiger partial charge on any atom is 0.326 e. The van der Waals surface area contributed by atoms with Gasteiger partial charge in [0.1, 0.15) is 12.4 Å². The van der Waals surface area contributed by atoms with Crippen LogP contribution in [-0.2, 0) is 9.59 Å². The standard InChI is InChI=1S/C13H18N4O3S/c18-11(16-6-2-1-3-10(16)12(19)20)7-21-13-15-14-8-17(13)9-4-5-9/h8-10H,1-7H2,(H,19,20)/t10-/m0/s1. The van der Waals surface area contributed by atoms with Gasteiger partial charge in [0.25, 0.3) is 0 Å². The van der Waals surface area contributed by atoms with Crippen LogP contribution in [0.5, 0.6) is 0 Å². The zero-order valence-electron chi connectivity index (χ0n) is 11.6. The van der Waals surface area contributed by atoms with Crippen LogP contribution in [0.1, 0.15) is 38.1 Å². The number of aromatic nitrogens is 3. The molecule has 1 aromatic heterocycles. The number of carboxylic acid groups (broad SMARTS) is 1. The van der Waals surface area contributed by atoms with E-state index in [4.69, 9.17) is 0 Å². The lowest BCUT2D eigenvalue weighted by molar-refractivity contribution is -0.150. The number of rotatable bonds is 5. The third-order valence-corrected chi connectivity index (χ3v) is 4.86. The molecule has 2 heterocycles. The molecule has 0 radical (unpaired) electrons. The van der Waals surface area contributed by atoms with Crippen molar-refractivity contribution >= 4 is 23.6 Å². The first-order valence-corrected chi connectivity index (χ1v) is 8.20. The normalized spacial score (nSPS) is 22.3. The highest BCUT2D eigenvalue weighted by molar-refractivity contribution is 7.99. The smallest absolute Gasteiger partial charge is 0.326 e. The Morgan fingerprint density at radius 3 is 2.86 bits per heavy atom. The minimum absolute atomic E-state index is 0.127. The summed E-state index contributed by atoms with van der Waals surface area (Å²) in [7, 11) is 0. The van der Waals surface area contributed by atoms with E-state index in [9.17, 15) is 14.7 Å². The molecule has 2 fully saturated rings. The van der Waals surface area contributed by atoms with Crippen LogP contribution in [-0.4, -0.2) is 55.0 Å². The zero-order chi connectivity index (χ0) is 14.8. The van der Waals surface area contributed by atoms with Gasteiger partial charge in [0, 0.05) is 12.6 Å². The molecule has 1 N–H and O–H groups in total. The van der Waals surface area contributed by atoms with Gasteiger partial charge in [-0.05, 0) is 32.1 Å². The van der Waals surface area contributed by atoms with Crippen molar-refractivity contribution in [2.75, 3.05) is 12.3 Å². The summed E-state index contributed by atoms with van der Waals surface area (Å²) in [4.78, 5) is 25.0. The Bertz CT molecular complexity index is 543. The molecule has 1 aliphatic heterocycles. The van der Waals surface area contributed by atoms with E-state index in [1.54, 1.807) is 6.33 Å². The van der Waals surface area contributed by atoms with Crippen molar-refractivity contribution in [3.63, 3.8) is 0 Å². The maximum atomic E-state index is 12.3. The molecule has 2 aliphatic rings. The van der Waals surface area contributed by atoms with E-state index in [-0.39, 0.29) is 11.7 Å². The monoisotopic (exact) mass is 310 g/mol. The Labute approximate surface area is 126 Å². The molecule has 0 spiro atoms. The summed E-state index contributed by atoms with van der Waals surface area (Å²) in [5.74, 6) is -0.818. The second-order valence-electron chi connectivity index (χ2n) is 5.48. The van der Waals surface area contributed by atoms with E-state index in [0.29, 0.717) is 19.0 Å². The van der Waals surface area contributed by atoms with E-state index >= 15 is 0 Å². The molecule has 1 saturated carbocycles. The van der Waals surface area contributed by atoms with Crippen LogP contribution < -0.4 is 0 Å². The second kappa shape index (κ2) is 6.05. The van der Waals surface area contributed by atoms with Crippen LogP contribution in [0.2, 0.25) is 0 Å². The maximum absolute atomic E-state index is 12.3. The quantitative estimate of drug-likeness (QED) is 0.821. The number of hydrogen-bond acceptors (Lipinski definition) is 5. The van der Waals surface area contributed by atoms with E-state index in [2.05, 4.69) is 10.2 Å². The van der Waals surface area contributed by atoms with Gasteiger partial charge in [0.05, 0.1) is 5.75 Å². The fourth-order valence-corrected chi connectivity index (χ4v) is 3.50. The number of aliphatic carboxylic acids is 1. The molecule has 0 aromatic carbocycles. The van der Waals surface area contributed by atoms with Crippen molar-refractivity contribution in [3.8, 4) is 0 Å². The van der Waals surface area contributed by atoms with Crippen molar-refractivity contribution in [3.05, 3.63) is 6.33 Å². The topological polar surface area (TPSA) is 88.3 Å². The molecular weight excluding hydrogens is 292 g/mol. The van der Waals surface area contributed by atoms with E-state index in [1.165, 1.54) is 16.7 Å². The summed E-state index contributed by atoms with van der Waals surface area (Å²) in [5, 5.41) is 17.9. The van der Waals surface area contributed by atoms with Gasteiger partial charge >= 0.3 is 5.97 Å². The molecule has 21 heavy (non-hydrogen) atoms. The molecule has 114 valence electrons. The van der Waals surface area contributed by atoms with Gasteiger partial charge in [-0.15, -0.1) is 10.2 Å². The number of thioether (sulfide) groups is 1. The lowest BCUT2D eigenvalue weighted by atomic mass is 10.0. The van der Waals surface area contributed by atoms with Crippen LogP contribution in [0, 0.1) is 0 Å². The molecule has 1 amide bonds. The fraction of sp³-hybridized carbons (Fsp3) is 0.692. The third kappa shape index (κ3) is 3.20. The number of nitrogens with zero attached hydrogens (tertiary/aromatic N) is 4. The van der Waals surface area contributed by atoms with E-state index in [0.717, 1.165) is 30.8 Å². The number of amides is 1. The van der Waals surface area contributed by atoms with E-state index < -0.39 is 12.0 Å². The lowest BCUT2D eigenvalue weighted by Crippen LogP contribution is -2.48. The highest BCUT2D eigenvalue weighted by Crippen LogP contribution is 2.37. The predicted molar refractivity (Wildman–Crippen MR) is 76.0 cm³/mol. The first kappa shape index (κ1) is 14.4. The van der Waals surface area contributed by atoms with Gasteiger partial charge in [-0.25, -0.2) is 4.79 Å². The van der Waals surface area contributed by atoms with Gasteiger partial charge in [0.15, 0.2) is 5.16 Å². The fourth-order valence-electron chi connectivity index (χ4n) is 2.63. The minimum Gasteiger partial charge on any atom is -0.480 e. The third-order valence-electron chi connectivity index (χ3n) is 3.91. The first-order chi connectivity index (χ1) is 10.2. The Kier molecular flexibility index (Phi) is 4.14. The van der Waals surface area contributed by atoms with Gasteiger partial charge in [-0.1, -0.05) is 11.8 Å². The summed E-state index contributed by atoms with van der Waals surface area (Å²) in [6, 6.07) is -0.201. The number of carboxylic acids is 1. The van der Waals surface area contributed by atoms with E-state index in [1.807, 2.05) is 4.57 Å². The molecule has 1 atom stereocenters. The summed E-state index contributed by atoms with van der Waals surface area (Å²) in [5.41, 5.74) is 0. The van der Waals surface area contributed by atoms with Crippen molar-refractivity contribution < 1.29 is 14.7 Å². The van der Waals surface area contributed by atoms with Crippen molar-refractivity contribution in [1.29, 1.82) is 0 Å². The molecule has 1 aliphatic carbocycles. The summed E-state index contributed by atoms with van der Waals surface area (Å²) in [6.07, 6.45) is 6.25. The average molecular weight is 310 g/mol. The van der Waals surface area contributed by atoms with Crippen molar-refractivity contribution in [1.82, 2.24) is 19.7 Å². The average Bonchev–Trinajstić information content (AvgIpc) is 3.23. The molecule has 0 bridgehead atoms. The number of piperidine rings is 1. The Morgan fingerprint density at radius 2 is 2.14 bits per heavy atom. The van der Waals surface area contributed by atoms with Gasteiger partial charge in [-0.2, -0.15) is 0 Å². The molecule has 1 aromatic rings. The van der Waals surface area contributed by atoms with Gasteiger partial charge in [0.2, 0.25) is 5.91 Å². The Hall–Kier alpha value is -1.57. The molecule has 8 heteroatoms. The van der Waals surface area contributed by atoms with Crippen LogP contribution in [0.3, 0.4) is 0 Å². The second-order valence-corrected chi connectivity index (χ2v) is 6.42. The number of carbonyl (C=O) groups is 2. The SMILES string of the molecule is O=C(O)[C@@H]1CCCCN1C(=O)CSc1nncn1C1CC1. The van der Waals surface area contributed by atoms with Crippen LogP contribution >= 0.6 is 11.8 Å². The highest BCUT2D eigenvalue weighted by Gasteiger charge is 2.32. The Morgan fingerprint density at radius 1 is 1.33 bits per heavy atom. The lowest BCUT2D eigenvalue weighted by Gasteiger charge is -2.32. The van der Waals surface area contributed by atoms with Crippen LogP contribution in [0.15, 0.2) is 11.5 Å². The number of carbonyl (C=O) groups excluding carboxylic acids is 1. The minimum atomic E-state index is -0.908. The van der Waals surface area contributed by atoms with Crippen molar-refractivity contribution in [2.24, 2.45) is 0 Å². The summed E-state index contributed by atoms with van der Waals surface area (Å²) < 4.78 is 2.00. The molecule has 0 unspecified atom stereocenters. The first-order valence-electron chi connectivity index (χ1n) is 7.21. The largest absolute Gasteiger partial charge is 0.480 e. The zero-order valence-corrected chi connectivity index (χ0v) is 12.5. The Balaban J connectivity index is 1.60. The van der Waals surface area contributed by atoms with Gasteiger partial charge < -0.3 is 14.6 Å². The summed E-state index contributed by atoms with van der Waals surface area (Å²) >= 11 is 1.34. The predicted octanol–water partition coefficient (Wildman–Crippen LogP) is 1.17. The molecule has 3 rings (SSSR count). The summed E-state index contributed by atoms with van der Waals surface area (Å²) in [6.45, 7) is 0.533. The molecule has 1 saturated heterocycles.